The second kappa shape index (κ2) is 9.64. The first-order valence-electron chi connectivity index (χ1n) is 7.89. The van der Waals surface area contributed by atoms with Crippen LogP contribution in [0.15, 0.2) is 53.5 Å². The third-order valence-electron chi connectivity index (χ3n) is 3.25. The molecule has 1 amide bonds. The average Bonchev–Trinajstić information content (AvgIpc) is 2.60. The van der Waals surface area contributed by atoms with E-state index in [-0.39, 0.29) is 18.3 Å². The Morgan fingerprint density at radius 1 is 1.12 bits per heavy atom. The summed E-state index contributed by atoms with van der Waals surface area (Å²) < 4.78 is 12.9. The van der Waals surface area contributed by atoms with Gasteiger partial charge in [-0.15, -0.1) is 0 Å². The third-order valence-corrected chi connectivity index (χ3v) is 3.62. The summed E-state index contributed by atoms with van der Waals surface area (Å²) in [5, 5.41) is 9.34. The molecule has 0 unspecified atom stereocenters. The maximum absolute atomic E-state index is 12.9. The number of aliphatic imine (C=N–C) groups is 1. The van der Waals surface area contributed by atoms with Crippen LogP contribution in [-0.4, -0.2) is 25.0 Å². The number of nitrogens with one attached hydrogen (secondary N) is 3. The zero-order valence-corrected chi connectivity index (χ0v) is 14.6. The summed E-state index contributed by atoms with van der Waals surface area (Å²) in [6.07, 6.45) is 0. The lowest BCUT2D eigenvalue weighted by Crippen LogP contribution is -2.41. The number of carbonyl (C=O) groups is 1. The van der Waals surface area contributed by atoms with Gasteiger partial charge in [0.1, 0.15) is 5.82 Å². The number of amides is 1. The molecule has 132 valence electrons. The minimum absolute atomic E-state index is 0.0335. The van der Waals surface area contributed by atoms with E-state index in [1.165, 1.54) is 24.3 Å². The SMILES string of the molecule is CCNC(=NCc1ccccc1Cl)NCC(=O)Nc1ccc(F)cc1. The van der Waals surface area contributed by atoms with Gasteiger partial charge in [-0.05, 0) is 42.8 Å². The average molecular weight is 363 g/mol. The number of carbonyl (C=O) groups excluding carboxylic acids is 1. The van der Waals surface area contributed by atoms with E-state index in [0.717, 1.165) is 5.56 Å². The van der Waals surface area contributed by atoms with E-state index in [9.17, 15) is 9.18 Å². The number of guanidine groups is 1. The lowest BCUT2D eigenvalue weighted by Gasteiger charge is -2.12. The van der Waals surface area contributed by atoms with Crippen LogP contribution < -0.4 is 16.0 Å². The smallest absolute Gasteiger partial charge is 0.243 e. The molecule has 5 nitrogen and oxygen atoms in total. The van der Waals surface area contributed by atoms with Crippen molar-refractivity contribution in [2.24, 2.45) is 4.99 Å². The Balaban J connectivity index is 1.89. The molecular weight excluding hydrogens is 343 g/mol. The molecular formula is C18H20ClFN4O. The van der Waals surface area contributed by atoms with Crippen molar-refractivity contribution in [2.75, 3.05) is 18.4 Å². The van der Waals surface area contributed by atoms with Gasteiger partial charge in [0.2, 0.25) is 5.91 Å². The quantitative estimate of drug-likeness (QED) is 0.546. The van der Waals surface area contributed by atoms with Gasteiger partial charge < -0.3 is 16.0 Å². The van der Waals surface area contributed by atoms with Crippen molar-refractivity contribution in [3.63, 3.8) is 0 Å². The van der Waals surface area contributed by atoms with Gasteiger partial charge in [-0.25, -0.2) is 9.38 Å². The molecule has 0 atom stereocenters. The summed E-state index contributed by atoms with van der Waals surface area (Å²) >= 11 is 6.11. The lowest BCUT2D eigenvalue weighted by molar-refractivity contribution is -0.115. The minimum atomic E-state index is -0.350. The Labute approximate surface area is 151 Å². The molecule has 0 heterocycles. The number of benzene rings is 2. The van der Waals surface area contributed by atoms with Crippen LogP contribution in [0.25, 0.3) is 0 Å². The predicted octanol–water partition coefficient (Wildman–Crippen LogP) is 3.17. The molecule has 0 aromatic heterocycles. The fraction of sp³-hybridized carbons (Fsp3) is 0.222. The molecule has 0 radical (unpaired) electrons. The minimum Gasteiger partial charge on any atom is -0.357 e. The molecule has 0 spiro atoms. The van der Waals surface area contributed by atoms with Crippen molar-refractivity contribution in [3.8, 4) is 0 Å². The number of hydrogen-bond donors (Lipinski definition) is 3. The van der Waals surface area contributed by atoms with Gasteiger partial charge in [0, 0.05) is 17.3 Å². The van der Waals surface area contributed by atoms with Crippen molar-refractivity contribution in [3.05, 3.63) is 64.9 Å². The first kappa shape index (κ1) is 18.7. The molecule has 0 bridgehead atoms. The summed E-state index contributed by atoms with van der Waals surface area (Å²) in [5.74, 6) is -0.0936. The Kier molecular flexibility index (Phi) is 7.22. The zero-order chi connectivity index (χ0) is 18.1. The standard InChI is InChI=1S/C18H20ClFN4O/c1-2-21-18(22-11-13-5-3-4-6-16(13)19)23-12-17(25)24-15-9-7-14(20)8-10-15/h3-10H,2,11-12H2,1H3,(H,24,25)(H2,21,22,23). The van der Waals surface area contributed by atoms with Crippen LogP contribution in [0, 0.1) is 5.82 Å². The molecule has 0 fully saturated rings. The Morgan fingerprint density at radius 3 is 2.52 bits per heavy atom. The van der Waals surface area contributed by atoms with Crippen molar-refractivity contribution >= 4 is 29.2 Å². The van der Waals surface area contributed by atoms with E-state index in [0.29, 0.717) is 29.8 Å². The summed E-state index contributed by atoms with van der Waals surface area (Å²) in [6, 6.07) is 13.1. The van der Waals surface area contributed by atoms with Gasteiger partial charge in [0.15, 0.2) is 5.96 Å². The fourth-order valence-corrected chi connectivity index (χ4v) is 2.23. The number of rotatable bonds is 6. The molecule has 0 saturated heterocycles. The maximum Gasteiger partial charge on any atom is 0.243 e. The molecule has 25 heavy (non-hydrogen) atoms. The predicted molar refractivity (Wildman–Crippen MR) is 99.3 cm³/mol. The Hall–Kier alpha value is -2.60. The summed E-state index contributed by atoms with van der Waals surface area (Å²) in [5.41, 5.74) is 1.43. The number of halogens is 2. The van der Waals surface area contributed by atoms with Gasteiger partial charge in [0.25, 0.3) is 0 Å². The zero-order valence-electron chi connectivity index (χ0n) is 13.9. The topological polar surface area (TPSA) is 65.5 Å². The van der Waals surface area contributed by atoms with Gasteiger partial charge in [-0.1, -0.05) is 29.8 Å². The van der Waals surface area contributed by atoms with Crippen LogP contribution >= 0.6 is 11.6 Å². The normalized spacial score (nSPS) is 11.1. The molecule has 0 aliphatic heterocycles. The van der Waals surface area contributed by atoms with Crippen molar-refractivity contribution in [1.29, 1.82) is 0 Å². The molecule has 7 heteroatoms. The molecule has 3 N–H and O–H groups in total. The highest BCUT2D eigenvalue weighted by Crippen LogP contribution is 2.15. The van der Waals surface area contributed by atoms with E-state index < -0.39 is 0 Å². The van der Waals surface area contributed by atoms with E-state index in [4.69, 9.17) is 11.6 Å². The molecule has 2 aromatic rings. The van der Waals surface area contributed by atoms with Crippen LogP contribution in [0.4, 0.5) is 10.1 Å². The van der Waals surface area contributed by atoms with Crippen LogP contribution in [0.3, 0.4) is 0 Å². The summed E-state index contributed by atoms with van der Waals surface area (Å²) in [4.78, 5) is 16.4. The van der Waals surface area contributed by atoms with E-state index in [1.807, 2.05) is 31.2 Å². The molecule has 0 aliphatic rings. The van der Waals surface area contributed by atoms with Gasteiger partial charge >= 0.3 is 0 Å². The summed E-state index contributed by atoms with van der Waals surface area (Å²) in [6.45, 7) is 3.03. The third kappa shape index (κ3) is 6.43. The Morgan fingerprint density at radius 2 is 1.84 bits per heavy atom. The van der Waals surface area contributed by atoms with Crippen LogP contribution in [0.2, 0.25) is 5.02 Å². The van der Waals surface area contributed by atoms with Crippen molar-refractivity contribution < 1.29 is 9.18 Å². The highest BCUT2D eigenvalue weighted by molar-refractivity contribution is 6.31. The largest absolute Gasteiger partial charge is 0.357 e. The molecule has 2 aromatic carbocycles. The van der Waals surface area contributed by atoms with E-state index in [2.05, 4.69) is 20.9 Å². The highest BCUT2D eigenvalue weighted by atomic mass is 35.5. The molecule has 2 rings (SSSR count). The first-order chi connectivity index (χ1) is 12.1. The fourth-order valence-electron chi connectivity index (χ4n) is 2.04. The lowest BCUT2D eigenvalue weighted by atomic mass is 10.2. The van der Waals surface area contributed by atoms with Crippen LogP contribution in [0.5, 0.6) is 0 Å². The van der Waals surface area contributed by atoms with E-state index >= 15 is 0 Å². The van der Waals surface area contributed by atoms with Gasteiger partial charge in [0.05, 0.1) is 13.1 Å². The second-order valence-corrected chi connectivity index (χ2v) is 5.60. The van der Waals surface area contributed by atoms with Crippen molar-refractivity contribution in [2.45, 2.75) is 13.5 Å². The maximum atomic E-state index is 12.9. The Bertz CT molecular complexity index is 734. The van der Waals surface area contributed by atoms with Gasteiger partial charge in [-0.2, -0.15) is 0 Å². The monoisotopic (exact) mass is 362 g/mol. The highest BCUT2D eigenvalue weighted by Gasteiger charge is 2.05. The number of nitrogens with zero attached hydrogens (tertiary/aromatic N) is 1. The molecule has 0 aliphatic carbocycles. The van der Waals surface area contributed by atoms with Gasteiger partial charge in [-0.3, -0.25) is 4.79 Å². The molecule has 0 saturated carbocycles. The van der Waals surface area contributed by atoms with Crippen LogP contribution in [0.1, 0.15) is 12.5 Å². The van der Waals surface area contributed by atoms with Crippen molar-refractivity contribution in [1.82, 2.24) is 10.6 Å². The number of hydrogen-bond acceptors (Lipinski definition) is 2. The first-order valence-corrected chi connectivity index (χ1v) is 8.27. The van der Waals surface area contributed by atoms with Crippen LogP contribution in [-0.2, 0) is 11.3 Å². The van der Waals surface area contributed by atoms with E-state index in [1.54, 1.807) is 0 Å². The number of anilines is 1. The summed E-state index contributed by atoms with van der Waals surface area (Å²) in [7, 11) is 0. The second-order valence-electron chi connectivity index (χ2n) is 5.20.